The van der Waals surface area contributed by atoms with Crippen LogP contribution in [0.2, 0.25) is 0 Å². The van der Waals surface area contributed by atoms with E-state index in [2.05, 4.69) is 5.32 Å². The summed E-state index contributed by atoms with van der Waals surface area (Å²) in [6.07, 6.45) is 3.89. The highest BCUT2D eigenvalue weighted by Gasteiger charge is 2.16. The fraction of sp³-hybridized carbons (Fsp3) is 0.500. The van der Waals surface area contributed by atoms with Crippen molar-refractivity contribution in [2.24, 2.45) is 0 Å². The molecule has 3 nitrogen and oxygen atoms in total. The average Bonchev–Trinajstić information content (AvgIpc) is 2.82. The molecule has 1 aromatic carbocycles. The predicted octanol–water partition coefficient (Wildman–Crippen LogP) is 2.89. The van der Waals surface area contributed by atoms with Gasteiger partial charge in [0.05, 0.1) is 6.10 Å². The summed E-state index contributed by atoms with van der Waals surface area (Å²) in [6.45, 7) is 2.85. The minimum Gasteiger partial charge on any atom is -0.378 e. The Kier molecular flexibility index (Phi) is 4.15. The minimum atomic E-state index is 0.0785. The fourth-order valence-electron chi connectivity index (χ4n) is 2.09. The van der Waals surface area contributed by atoms with E-state index in [1.54, 1.807) is 0 Å². The summed E-state index contributed by atoms with van der Waals surface area (Å²) in [5.41, 5.74) is 2.00. The third-order valence-corrected chi connectivity index (χ3v) is 3.14. The molecule has 92 valence electrons. The molecule has 1 fully saturated rings. The summed E-state index contributed by atoms with van der Waals surface area (Å²) in [5.74, 6) is 0.0785. The van der Waals surface area contributed by atoms with Crippen LogP contribution in [0.15, 0.2) is 24.3 Å². The summed E-state index contributed by atoms with van der Waals surface area (Å²) < 4.78 is 5.50. The van der Waals surface area contributed by atoms with E-state index >= 15 is 0 Å². The molecule has 0 saturated carbocycles. The van der Waals surface area contributed by atoms with Crippen LogP contribution in [0.5, 0.6) is 0 Å². The van der Waals surface area contributed by atoms with E-state index in [0.717, 1.165) is 37.1 Å². The molecular formula is C14H19NO2. The highest BCUT2D eigenvalue weighted by molar-refractivity contribution is 5.91. The van der Waals surface area contributed by atoms with Crippen LogP contribution in [0.1, 0.15) is 31.2 Å². The first-order valence-corrected chi connectivity index (χ1v) is 6.23. The van der Waals surface area contributed by atoms with E-state index in [1.165, 1.54) is 0 Å². The molecule has 0 aliphatic carbocycles. The van der Waals surface area contributed by atoms with Crippen LogP contribution >= 0.6 is 0 Å². The third-order valence-electron chi connectivity index (χ3n) is 3.14. The average molecular weight is 233 g/mol. The molecule has 1 aliphatic heterocycles. The van der Waals surface area contributed by atoms with Gasteiger partial charge in [-0.3, -0.25) is 4.79 Å². The Hall–Kier alpha value is -1.35. The number of hydrogen-bond donors (Lipinski definition) is 1. The SMILES string of the molecule is Cc1ccccc1NC(=O)CC[C@H]1CCCO1. The first-order chi connectivity index (χ1) is 8.25. The van der Waals surface area contributed by atoms with E-state index in [-0.39, 0.29) is 12.0 Å². The topological polar surface area (TPSA) is 38.3 Å². The first-order valence-electron chi connectivity index (χ1n) is 6.23. The first kappa shape index (κ1) is 12.1. The lowest BCUT2D eigenvalue weighted by Gasteiger charge is -2.10. The maximum Gasteiger partial charge on any atom is 0.224 e. The minimum absolute atomic E-state index is 0.0785. The third kappa shape index (κ3) is 3.56. The molecular weight excluding hydrogens is 214 g/mol. The van der Waals surface area contributed by atoms with Gasteiger partial charge in [0, 0.05) is 18.7 Å². The van der Waals surface area contributed by atoms with Crippen molar-refractivity contribution in [1.82, 2.24) is 0 Å². The summed E-state index contributed by atoms with van der Waals surface area (Å²) in [7, 11) is 0. The molecule has 0 aromatic heterocycles. The highest BCUT2D eigenvalue weighted by atomic mass is 16.5. The second kappa shape index (κ2) is 5.82. The van der Waals surface area contributed by atoms with Crippen LogP contribution in [0.25, 0.3) is 0 Å². The second-order valence-electron chi connectivity index (χ2n) is 4.54. The Balaban J connectivity index is 1.79. The molecule has 0 unspecified atom stereocenters. The standard InChI is InChI=1S/C14H19NO2/c1-11-5-2-3-7-13(11)15-14(16)9-8-12-6-4-10-17-12/h2-3,5,7,12H,4,6,8-10H2,1H3,(H,15,16)/t12-/m1/s1. The zero-order valence-corrected chi connectivity index (χ0v) is 10.2. The molecule has 1 saturated heterocycles. The van der Waals surface area contributed by atoms with E-state index in [1.807, 2.05) is 31.2 Å². The van der Waals surface area contributed by atoms with Crippen molar-refractivity contribution >= 4 is 11.6 Å². The molecule has 0 bridgehead atoms. The van der Waals surface area contributed by atoms with Crippen LogP contribution in [-0.4, -0.2) is 18.6 Å². The smallest absolute Gasteiger partial charge is 0.224 e. The molecule has 1 aromatic rings. The highest BCUT2D eigenvalue weighted by Crippen LogP contribution is 2.18. The van der Waals surface area contributed by atoms with Crippen molar-refractivity contribution in [3.63, 3.8) is 0 Å². The lowest BCUT2D eigenvalue weighted by Crippen LogP contribution is -2.15. The number of para-hydroxylation sites is 1. The molecule has 1 N–H and O–H groups in total. The van der Waals surface area contributed by atoms with Crippen molar-refractivity contribution in [3.8, 4) is 0 Å². The van der Waals surface area contributed by atoms with Gasteiger partial charge in [-0.1, -0.05) is 18.2 Å². The monoisotopic (exact) mass is 233 g/mol. The Bertz CT molecular complexity index is 384. The summed E-state index contributed by atoms with van der Waals surface area (Å²) in [5, 5.41) is 2.94. The molecule has 0 radical (unpaired) electrons. The largest absolute Gasteiger partial charge is 0.378 e. The van der Waals surface area contributed by atoms with Gasteiger partial charge in [0.2, 0.25) is 5.91 Å². The van der Waals surface area contributed by atoms with Gasteiger partial charge in [-0.05, 0) is 37.8 Å². The quantitative estimate of drug-likeness (QED) is 0.868. The van der Waals surface area contributed by atoms with Gasteiger partial charge in [0.15, 0.2) is 0 Å². The van der Waals surface area contributed by atoms with E-state index in [0.29, 0.717) is 6.42 Å². The summed E-state index contributed by atoms with van der Waals surface area (Å²) in [6, 6.07) is 7.83. The zero-order chi connectivity index (χ0) is 12.1. The molecule has 2 rings (SSSR count). The lowest BCUT2D eigenvalue weighted by atomic mass is 10.1. The number of carbonyl (C=O) groups is 1. The predicted molar refractivity (Wildman–Crippen MR) is 68.0 cm³/mol. The normalized spacial score (nSPS) is 19.2. The maximum absolute atomic E-state index is 11.8. The number of carbonyl (C=O) groups excluding carboxylic acids is 1. The number of nitrogens with one attached hydrogen (secondary N) is 1. The van der Waals surface area contributed by atoms with E-state index < -0.39 is 0 Å². The van der Waals surface area contributed by atoms with Crippen LogP contribution in [0.4, 0.5) is 5.69 Å². The molecule has 0 spiro atoms. The molecule has 1 aliphatic rings. The van der Waals surface area contributed by atoms with E-state index in [9.17, 15) is 4.79 Å². The van der Waals surface area contributed by atoms with Gasteiger partial charge in [0.25, 0.3) is 0 Å². The molecule has 17 heavy (non-hydrogen) atoms. The van der Waals surface area contributed by atoms with Crippen LogP contribution in [-0.2, 0) is 9.53 Å². The number of amides is 1. The second-order valence-corrected chi connectivity index (χ2v) is 4.54. The number of ether oxygens (including phenoxy) is 1. The molecule has 1 heterocycles. The summed E-state index contributed by atoms with van der Waals surface area (Å²) in [4.78, 5) is 11.8. The Morgan fingerprint density at radius 3 is 3.00 bits per heavy atom. The molecule has 1 atom stereocenters. The van der Waals surface area contributed by atoms with Gasteiger partial charge in [-0.2, -0.15) is 0 Å². The number of benzene rings is 1. The van der Waals surface area contributed by atoms with Gasteiger partial charge in [0.1, 0.15) is 0 Å². The fourth-order valence-corrected chi connectivity index (χ4v) is 2.09. The van der Waals surface area contributed by atoms with E-state index in [4.69, 9.17) is 4.74 Å². The number of anilines is 1. The van der Waals surface area contributed by atoms with Crippen molar-refractivity contribution in [1.29, 1.82) is 0 Å². The van der Waals surface area contributed by atoms with Crippen molar-refractivity contribution < 1.29 is 9.53 Å². The van der Waals surface area contributed by atoms with Gasteiger partial charge < -0.3 is 10.1 Å². The molecule has 3 heteroatoms. The van der Waals surface area contributed by atoms with Gasteiger partial charge in [-0.25, -0.2) is 0 Å². The van der Waals surface area contributed by atoms with Crippen molar-refractivity contribution in [3.05, 3.63) is 29.8 Å². The maximum atomic E-state index is 11.8. The van der Waals surface area contributed by atoms with Crippen molar-refractivity contribution in [2.45, 2.75) is 38.7 Å². The number of rotatable bonds is 4. The Morgan fingerprint density at radius 2 is 2.29 bits per heavy atom. The Labute approximate surface area is 102 Å². The van der Waals surface area contributed by atoms with Crippen molar-refractivity contribution in [2.75, 3.05) is 11.9 Å². The van der Waals surface area contributed by atoms with Gasteiger partial charge in [-0.15, -0.1) is 0 Å². The number of hydrogen-bond acceptors (Lipinski definition) is 2. The van der Waals surface area contributed by atoms with Crippen LogP contribution in [0.3, 0.4) is 0 Å². The summed E-state index contributed by atoms with van der Waals surface area (Å²) >= 11 is 0. The zero-order valence-electron chi connectivity index (χ0n) is 10.2. The van der Waals surface area contributed by atoms with Crippen LogP contribution in [0, 0.1) is 6.92 Å². The Morgan fingerprint density at radius 1 is 1.47 bits per heavy atom. The van der Waals surface area contributed by atoms with Gasteiger partial charge >= 0.3 is 0 Å². The lowest BCUT2D eigenvalue weighted by molar-refractivity contribution is -0.116. The van der Waals surface area contributed by atoms with Crippen LogP contribution < -0.4 is 5.32 Å². The molecule has 1 amide bonds. The number of aryl methyl sites for hydroxylation is 1.